The average Bonchev–Trinajstić information content (AvgIpc) is 3.08. The average molecular weight is 362 g/mol. The molecule has 0 amide bonds. The van der Waals surface area contributed by atoms with Gasteiger partial charge in [-0.05, 0) is 38.8 Å². The lowest BCUT2D eigenvalue weighted by Crippen LogP contribution is -2.30. The Morgan fingerprint density at radius 2 is 1.92 bits per heavy atom. The molecular weight excluding hydrogens is 340 g/mol. The third-order valence-corrected chi connectivity index (χ3v) is 6.80. The minimum Gasteiger partial charge on any atom is -0.461 e. The minimum absolute atomic E-state index is 0.190. The Balaban J connectivity index is 2.14. The SMILES string of the molecule is CCOC(=O)c1c(C)c(S(=O)(=O)N2CCc3ccccc32)c(C)n1C. The Hall–Kier alpha value is -2.28. The second-order valence-electron chi connectivity index (χ2n) is 6.12. The van der Waals surface area contributed by atoms with Crippen molar-refractivity contribution in [2.24, 2.45) is 7.05 Å². The van der Waals surface area contributed by atoms with Gasteiger partial charge >= 0.3 is 5.97 Å². The van der Waals surface area contributed by atoms with Gasteiger partial charge in [0.05, 0.1) is 12.3 Å². The van der Waals surface area contributed by atoms with Crippen molar-refractivity contribution >= 4 is 21.7 Å². The molecule has 0 spiro atoms. The van der Waals surface area contributed by atoms with Crippen LogP contribution in [0.4, 0.5) is 5.69 Å². The maximum atomic E-state index is 13.3. The van der Waals surface area contributed by atoms with Gasteiger partial charge in [-0.25, -0.2) is 13.2 Å². The number of hydrogen-bond donors (Lipinski definition) is 0. The molecular formula is C18H22N2O4S. The normalized spacial score (nSPS) is 13.8. The number of fused-ring (bicyclic) bond motifs is 1. The van der Waals surface area contributed by atoms with Gasteiger partial charge < -0.3 is 9.30 Å². The van der Waals surface area contributed by atoms with E-state index in [0.717, 1.165) is 5.56 Å². The summed E-state index contributed by atoms with van der Waals surface area (Å²) in [7, 11) is -2.07. The van der Waals surface area contributed by atoms with E-state index < -0.39 is 16.0 Å². The number of rotatable bonds is 4. The molecule has 3 rings (SSSR count). The van der Waals surface area contributed by atoms with Crippen LogP contribution in [-0.2, 0) is 28.2 Å². The molecule has 0 atom stereocenters. The highest BCUT2D eigenvalue weighted by atomic mass is 32.2. The fraction of sp³-hybridized carbons (Fsp3) is 0.389. The van der Waals surface area contributed by atoms with E-state index in [2.05, 4.69) is 0 Å². The van der Waals surface area contributed by atoms with E-state index in [1.165, 1.54) is 4.31 Å². The van der Waals surface area contributed by atoms with Crippen LogP contribution < -0.4 is 4.31 Å². The summed E-state index contributed by atoms with van der Waals surface area (Å²) in [5.74, 6) is -0.506. The molecule has 1 aliphatic rings. The molecule has 6 nitrogen and oxygen atoms in total. The first-order valence-corrected chi connectivity index (χ1v) is 9.68. The summed E-state index contributed by atoms with van der Waals surface area (Å²) in [5, 5.41) is 0. The summed E-state index contributed by atoms with van der Waals surface area (Å²) < 4.78 is 34.8. The van der Waals surface area contributed by atoms with E-state index in [0.29, 0.717) is 29.9 Å². The number of ether oxygens (including phenoxy) is 1. The van der Waals surface area contributed by atoms with Gasteiger partial charge in [0, 0.05) is 24.8 Å². The zero-order chi connectivity index (χ0) is 18.4. The first-order valence-electron chi connectivity index (χ1n) is 8.24. The van der Waals surface area contributed by atoms with Crippen molar-refractivity contribution < 1.29 is 17.9 Å². The predicted molar refractivity (Wildman–Crippen MR) is 95.5 cm³/mol. The van der Waals surface area contributed by atoms with Crippen molar-refractivity contribution in [2.45, 2.75) is 32.1 Å². The third-order valence-electron chi connectivity index (χ3n) is 4.72. The molecule has 1 aromatic carbocycles. The lowest BCUT2D eigenvalue weighted by atomic mass is 10.2. The van der Waals surface area contributed by atoms with Crippen molar-refractivity contribution in [1.29, 1.82) is 0 Å². The number of aromatic nitrogens is 1. The molecule has 0 saturated carbocycles. The largest absolute Gasteiger partial charge is 0.461 e. The topological polar surface area (TPSA) is 68.6 Å². The van der Waals surface area contributed by atoms with Crippen LogP contribution in [0.5, 0.6) is 0 Å². The van der Waals surface area contributed by atoms with Crippen molar-refractivity contribution in [1.82, 2.24) is 4.57 Å². The van der Waals surface area contributed by atoms with E-state index in [1.807, 2.05) is 24.3 Å². The smallest absolute Gasteiger partial charge is 0.355 e. The Labute approximate surface area is 148 Å². The van der Waals surface area contributed by atoms with E-state index in [4.69, 9.17) is 4.74 Å². The molecule has 7 heteroatoms. The molecule has 0 saturated heterocycles. The first-order chi connectivity index (χ1) is 11.8. The highest BCUT2D eigenvalue weighted by molar-refractivity contribution is 7.93. The molecule has 0 radical (unpaired) electrons. The first kappa shape index (κ1) is 17.5. The number of anilines is 1. The fourth-order valence-corrected chi connectivity index (χ4v) is 5.47. The highest BCUT2D eigenvalue weighted by Crippen LogP contribution is 2.36. The van der Waals surface area contributed by atoms with Gasteiger partial charge in [0.25, 0.3) is 10.0 Å². The second kappa shape index (κ2) is 6.22. The molecule has 0 unspecified atom stereocenters. The molecule has 2 heterocycles. The molecule has 1 aromatic heterocycles. The zero-order valence-corrected chi connectivity index (χ0v) is 15.7. The van der Waals surface area contributed by atoms with E-state index >= 15 is 0 Å². The summed E-state index contributed by atoms with van der Waals surface area (Å²) in [5.41, 5.74) is 2.98. The van der Waals surface area contributed by atoms with Crippen LogP contribution in [0.25, 0.3) is 0 Å². The Morgan fingerprint density at radius 3 is 2.60 bits per heavy atom. The van der Waals surface area contributed by atoms with Crippen LogP contribution in [0.2, 0.25) is 0 Å². The maximum Gasteiger partial charge on any atom is 0.355 e. The molecule has 0 aliphatic carbocycles. The number of para-hydroxylation sites is 1. The third kappa shape index (κ3) is 2.63. The van der Waals surface area contributed by atoms with Crippen LogP contribution in [0, 0.1) is 13.8 Å². The summed E-state index contributed by atoms with van der Waals surface area (Å²) in [6, 6.07) is 7.51. The molecule has 134 valence electrons. The van der Waals surface area contributed by atoms with Gasteiger partial charge in [-0.15, -0.1) is 0 Å². The van der Waals surface area contributed by atoms with Gasteiger partial charge in [0.15, 0.2) is 0 Å². The van der Waals surface area contributed by atoms with Crippen molar-refractivity contribution in [3.8, 4) is 0 Å². The van der Waals surface area contributed by atoms with Crippen molar-refractivity contribution in [3.05, 3.63) is 46.8 Å². The van der Waals surface area contributed by atoms with Gasteiger partial charge in [-0.2, -0.15) is 0 Å². The van der Waals surface area contributed by atoms with E-state index in [9.17, 15) is 13.2 Å². The number of nitrogens with zero attached hydrogens (tertiary/aromatic N) is 2. The number of carbonyl (C=O) groups excluding carboxylic acids is 1. The lowest BCUT2D eigenvalue weighted by molar-refractivity contribution is 0.0514. The standard InChI is InChI=1S/C18H22N2O4S/c1-5-24-18(21)16-12(2)17(13(3)19(16)4)25(22,23)20-11-10-14-8-6-7-9-15(14)20/h6-9H,5,10-11H2,1-4H3. The molecule has 1 aliphatic heterocycles. The van der Waals surface area contributed by atoms with E-state index in [1.54, 1.807) is 32.4 Å². The highest BCUT2D eigenvalue weighted by Gasteiger charge is 2.36. The van der Waals surface area contributed by atoms with Gasteiger partial charge in [0.2, 0.25) is 0 Å². The van der Waals surface area contributed by atoms with E-state index in [-0.39, 0.29) is 17.2 Å². The zero-order valence-electron chi connectivity index (χ0n) is 14.9. The summed E-state index contributed by atoms with van der Waals surface area (Å²) in [4.78, 5) is 12.4. The van der Waals surface area contributed by atoms with Gasteiger partial charge in [-0.1, -0.05) is 18.2 Å². The second-order valence-corrected chi connectivity index (χ2v) is 7.92. The van der Waals surface area contributed by atoms with Crippen LogP contribution in [0.1, 0.15) is 34.2 Å². The summed E-state index contributed by atoms with van der Waals surface area (Å²) in [6.07, 6.45) is 0.686. The van der Waals surface area contributed by atoms with Gasteiger partial charge in [-0.3, -0.25) is 4.31 Å². The fourth-order valence-electron chi connectivity index (χ4n) is 3.49. The summed E-state index contributed by atoms with van der Waals surface area (Å²) >= 11 is 0. The van der Waals surface area contributed by atoms with Crippen LogP contribution in [0.3, 0.4) is 0 Å². The molecule has 0 N–H and O–H groups in total. The van der Waals surface area contributed by atoms with Crippen molar-refractivity contribution in [2.75, 3.05) is 17.5 Å². The Morgan fingerprint density at radius 1 is 1.24 bits per heavy atom. The number of hydrogen-bond acceptors (Lipinski definition) is 4. The van der Waals surface area contributed by atoms with Crippen LogP contribution >= 0.6 is 0 Å². The van der Waals surface area contributed by atoms with Crippen LogP contribution in [-0.4, -0.2) is 32.1 Å². The maximum absolute atomic E-state index is 13.3. The molecule has 0 bridgehead atoms. The Bertz CT molecular complexity index is 944. The lowest BCUT2D eigenvalue weighted by Gasteiger charge is -2.20. The number of esters is 1. The quantitative estimate of drug-likeness (QED) is 0.784. The molecule has 25 heavy (non-hydrogen) atoms. The Kier molecular flexibility index (Phi) is 4.36. The van der Waals surface area contributed by atoms with Crippen LogP contribution in [0.15, 0.2) is 29.2 Å². The molecule has 0 fully saturated rings. The number of benzene rings is 1. The molecule has 2 aromatic rings. The van der Waals surface area contributed by atoms with Gasteiger partial charge in [0.1, 0.15) is 10.6 Å². The number of carbonyl (C=O) groups is 1. The minimum atomic E-state index is -3.76. The predicted octanol–water partition coefficient (Wildman–Crippen LogP) is 2.57. The van der Waals surface area contributed by atoms with Crippen molar-refractivity contribution in [3.63, 3.8) is 0 Å². The number of sulfonamides is 1. The monoisotopic (exact) mass is 362 g/mol. The summed E-state index contributed by atoms with van der Waals surface area (Å²) in [6.45, 7) is 5.74.